The van der Waals surface area contributed by atoms with Gasteiger partial charge in [0.25, 0.3) is 11.8 Å². The van der Waals surface area contributed by atoms with E-state index in [-0.39, 0.29) is 58.5 Å². The Bertz CT molecular complexity index is 1000. The highest BCUT2D eigenvalue weighted by atomic mass is 35.5. The van der Waals surface area contributed by atoms with Crippen LogP contribution in [0, 0.1) is 5.82 Å². The molecule has 0 unspecified atom stereocenters. The van der Waals surface area contributed by atoms with Crippen molar-refractivity contribution < 1.29 is 14.0 Å². The van der Waals surface area contributed by atoms with E-state index in [9.17, 15) is 14.0 Å². The molecule has 2 aromatic heterocycles. The van der Waals surface area contributed by atoms with Crippen LogP contribution in [0.2, 0.25) is 10.0 Å². The minimum Gasteiger partial charge on any atom is -0.347 e. The molecule has 2 heterocycles. The molecule has 0 fully saturated rings. The van der Waals surface area contributed by atoms with Gasteiger partial charge < -0.3 is 10.6 Å². The minimum atomic E-state index is -0.774. The molecule has 0 spiro atoms. The number of pyridine rings is 1. The van der Waals surface area contributed by atoms with Gasteiger partial charge in [-0.1, -0.05) is 29.3 Å². The number of carbonyl (C=O) groups excluding carboxylic acids is 2. The highest BCUT2D eigenvalue weighted by Crippen LogP contribution is 2.25. The van der Waals surface area contributed by atoms with Gasteiger partial charge in [-0.25, -0.2) is 4.39 Å². The number of nitrogens with one attached hydrogen (secondary N) is 3. The Balaban J connectivity index is 0.00000210. The van der Waals surface area contributed by atoms with Gasteiger partial charge >= 0.3 is 0 Å². The van der Waals surface area contributed by atoms with E-state index < -0.39 is 17.6 Å². The Hall–Kier alpha value is -2.39. The minimum absolute atomic E-state index is 0. The van der Waals surface area contributed by atoms with E-state index >= 15 is 0 Å². The van der Waals surface area contributed by atoms with Crippen LogP contribution in [0.1, 0.15) is 26.4 Å². The van der Waals surface area contributed by atoms with E-state index in [1.54, 1.807) is 18.5 Å². The van der Waals surface area contributed by atoms with Crippen molar-refractivity contribution in [3.8, 4) is 0 Å². The van der Waals surface area contributed by atoms with Crippen LogP contribution in [0.25, 0.3) is 0 Å². The number of hydrogen-bond acceptors (Lipinski definition) is 4. The largest absolute Gasteiger partial charge is 0.347 e. The Morgan fingerprint density at radius 3 is 2.55 bits per heavy atom. The van der Waals surface area contributed by atoms with Gasteiger partial charge in [-0.3, -0.25) is 19.7 Å². The Morgan fingerprint density at radius 1 is 1.10 bits per heavy atom. The Kier molecular flexibility index (Phi) is 9.32. The third-order valence-electron chi connectivity index (χ3n) is 3.49. The zero-order valence-electron chi connectivity index (χ0n) is 14.4. The van der Waals surface area contributed by atoms with Gasteiger partial charge in [0.05, 0.1) is 15.6 Å². The fourth-order valence-corrected chi connectivity index (χ4v) is 2.63. The lowest BCUT2D eigenvalue weighted by Crippen LogP contribution is -2.23. The molecule has 0 saturated carbocycles. The molecule has 0 radical (unpaired) electrons. The number of H-pyrrole nitrogens is 1. The van der Waals surface area contributed by atoms with Gasteiger partial charge in [0.15, 0.2) is 5.82 Å². The SMILES string of the molecule is Cl.Cl.O=C(NCc1cccnc1)c1cc(NC(=O)c2cc(F)c(Cl)cc2Cl)n[nH]1. The van der Waals surface area contributed by atoms with E-state index in [4.69, 9.17) is 23.2 Å². The summed E-state index contributed by atoms with van der Waals surface area (Å²) < 4.78 is 13.5. The second-order valence-electron chi connectivity index (χ2n) is 5.41. The maximum Gasteiger partial charge on any atom is 0.269 e. The van der Waals surface area contributed by atoms with Crippen LogP contribution >= 0.6 is 48.0 Å². The first-order valence-electron chi connectivity index (χ1n) is 7.62. The van der Waals surface area contributed by atoms with Gasteiger partial charge in [-0.05, 0) is 23.8 Å². The summed E-state index contributed by atoms with van der Waals surface area (Å²) in [4.78, 5) is 28.3. The monoisotopic (exact) mass is 479 g/mol. The zero-order valence-corrected chi connectivity index (χ0v) is 17.6. The zero-order chi connectivity index (χ0) is 19.4. The lowest BCUT2D eigenvalue weighted by molar-refractivity contribution is 0.0945. The molecule has 12 heteroatoms. The molecular weight excluding hydrogens is 467 g/mol. The maximum absolute atomic E-state index is 13.5. The fourth-order valence-electron chi connectivity index (χ4n) is 2.16. The van der Waals surface area contributed by atoms with Crippen molar-refractivity contribution in [1.82, 2.24) is 20.5 Å². The molecule has 0 aliphatic rings. The third-order valence-corrected chi connectivity index (χ3v) is 4.10. The first-order valence-corrected chi connectivity index (χ1v) is 8.38. The third kappa shape index (κ3) is 6.30. The van der Waals surface area contributed by atoms with Crippen molar-refractivity contribution >= 4 is 65.6 Å². The van der Waals surface area contributed by atoms with E-state index in [2.05, 4.69) is 25.8 Å². The van der Waals surface area contributed by atoms with E-state index in [0.29, 0.717) is 0 Å². The first kappa shape index (κ1) is 24.6. The van der Waals surface area contributed by atoms with E-state index in [1.807, 2.05) is 6.07 Å². The summed E-state index contributed by atoms with van der Waals surface area (Å²) in [7, 11) is 0. The lowest BCUT2D eigenvalue weighted by Gasteiger charge is -2.05. The average Bonchev–Trinajstić information content (AvgIpc) is 3.12. The first-order chi connectivity index (χ1) is 12.9. The molecule has 0 aliphatic heterocycles. The number of anilines is 1. The maximum atomic E-state index is 13.5. The van der Waals surface area contributed by atoms with Crippen LogP contribution in [0.3, 0.4) is 0 Å². The normalized spacial score (nSPS) is 9.76. The highest BCUT2D eigenvalue weighted by Gasteiger charge is 2.17. The molecule has 2 amide bonds. The molecule has 7 nitrogen and oxygen atoms in total. The van der Waals surface area contributed by atoms with Crippen LogP contribution in [-0.2, 0) is 6.54 Å². The van der Waals surface area contributed by atoms with Crippen LogP contribution in [0.4, 0.5) is 10.2 Å². The van der Waals surface area contributed by atoms with Crippen molar-refractivity contribution in [3.05, 3.63) is 75.4 Å². The Morgan fingerprint density at radius 2 is 1.86 bits per heavy atom. The fraction of sp³-hybridized carbons (Fsp3) is 0.0588. The van der Waals surface area contributed by atoms with Crippen LogP contribution < -0.4 is 10.6 Å². The topological polar surface area (TPSA) is 99.8 Å². The van der Waals surface area contributed by atoms with Gasteiger partial charge in [0.1, 0.15) is 11.5 Å². The second kappa shape index (κ2) is 11.0. The lowest BCUT2D eigenvalue weighted by atomic mass is 10.2. The average molecular weight is 481 g/mol. The van der Waals surface area contributed by atoms with Gasteiger partial charge in [0, 0.05) is 25.0 Å². The van der Waals surface area contributed by atoms with Crippen molar-refractivity contribution in [3.63, 3.8) is 0 Å². The predicted octanol–water partition coefficient (Wildman–Crippen LogP) is 4.28. The number of hydrogen-bond donors (Lipinski definition) is 3. The summed E-state index contributed by atoms with van der Waals surface area (Å²) >= 11 is 11.5. The van der Waals surface area contributed by atoms with Gasteiger partial charge in [0.2, 0.25) is 0 Å². The van der Waals surface area contributed by atoms with E-state index in [0.717, 1.165) is 17.7 Å². The molecule has 0 saturated heterocycles. The highest BCUT2D eigenvalue weighted by molar-refractivity contribution is 6.37. The van der Waals surface area contributed by atoms with Crippen LogP contribution in [-0.4, -0.2) is 27.0 Å². The molecule has 29 heavy (non-hydrogen) atoms. The number of aromatic nitrogens is 3. The molecule has 1 aromatic carbocycles. The molecule has 3 aromatic rings. The number of halogens is 5. The molecule has 0 bridgehead atoms. The second-order valence-corrected chi connectivity index (χ2v) is 6.23. The molecular formula is C17H14Cl4FN5O2. The van der Waals surface area contributed by atoms with Crippen molar-refractivity contribution in [2.24, 2.45) is 0 Å². The molecule has 0 aliphatic carbocycles. The van der Waals surface area contributed by atoms with Crippen LogP contribution in [0.5, 0.6) is 0 Å². The van der Waals surface area contributed by atoms with Crippen LogP contribution in [0.15, 0.2) is 42.7 Å². The number of benzene rings is 1. The van der Waals surface area contributed by atoms with Gasteiger partial charge in [-0.15, -0.1) is 24.8 Å². The number of aromatic amines is 1. The Labute approximate surface area is 187 Å². The van der Waals surface area contributed by atoms with Crippen molar-refractivity contribution in [2.45, 2.75) is 6.54 Å². The summed E-state index contributed by atoms with van der Waals surface area (Å²) in [6, 6.07) is 6.98. The standard InChI is InChI=1S/C17H12Cl2FN5O2.2ClH/c18-11-5-12(19)13(20)4-10(11)16(26)23-15-6-14(24-25-15)17(27)22-8-9-2-1-3-21-7-9;;/h1-7H,8H2,(H,22,27)(H2,23,24,25,26);2*1H. The molecule has 3 rings (SSSR count). The summed E-state index contributed by atoms with van der Waals surface area (Å²) in [5, 5.41) is 11.3. The van der Waals surface area contributed by atoms with E-state index in [1.165, 1.54) is 6.07 Å². The van der Waals surface area contributed by atoms with Gasteiger partial charge in [-0.2, -0.15) is 5.10 Å². The molecule has 0 atom stereocenters. The smallest absolute Gasteiger partial charge is 0.269 e. The summed E-state index contributed by atoms with van der Waals surface area (Å²) in [5.74, 6) is -1.80. The summed E-state index contributed by atoms with van der Waals surface area (Å²) in [6.07, 6.45) is 3.27. The number of amides is 2. The molecule has 3 N–H and O–H groups in total. The van der Waals surface area contributed by atoms with Crippen molar-refractivity contribution in [2.75, 3.05) is 5.32 Å². The van der Waals surface area contributed by atoms with Crippen molar-refractivity contribution in [1.29, 1.82) is 0 Å². The quantitative estimate of drug-likeness (QED) is 0.474. The summed E-state index contributed by atoms with van der Waals surface area (Å²) in [5.41, 5.74) is 0.866. The number of carbonyl (C=O) groups is 2. The summed E-state index contributed by atoms with van der Waals surface area (Å²) in [6.45, 7) is 0.285. The molecule has 154 valence electrons. The number of nitrogens with zero attached hydrogens (tertiary/aromatic N) is 2. The number of rotatable bonds is 5. The predicted molar refractivity (Wildman–Crippen MR) is 113 cm³/mol.